The van der Waals surface area contributed by atoms with Crippen molar-refractivity contribution in [1.29, 1.82) is 10.8 Å². The van der Waals surface area contributed by atoms with E-state index in [-0.39, 0.29) is 5.97 Å². The zero-order chi connectivity index (χ0) is 23.4. The van der Waals surface area contributed by atoms with E-state index in [1.54, 1.807) is 13.1 Å². The van der Waals surface area contributed by atoms with Gasteiger partial charge in [0, 0.05) is 30.2 Å². The molecule has 0 unspecified atom stereocenters. The van der Waals surface area contributed by atoms with Crippen LogP contribution in [0, 0.1) is 16.7 Å². The second-order valence-corrected chi connectivity index (χ2v) is 9.12. The van der Waals surface area contributed by atoms with E-state index in [9.17, 15) is 4.79 Å². The van der Waals surface area contributed by atoms with Crippen molar-refractivity contribution in [3.8, 4) is 0 Å². The molecule has 0 bridgehead atoms. The molecule has 0 aromatic heterocycles. The number of allylic oxidation sites excluding steroid dienone is 7. The van der Waals surface area contributed by atoms with Gasteiger partial charge >= 0.3 is 5.97 Å². The van der Waals surface area contributed by atoms with Crippen molar-refractivity contribution in [1.82, 2.24) is 0 Å². The van der Waals surface area contributed by atoms with E-state index < -0.39 is 0 Å². The number of hydrogen-bond acceptors (Lipinski definition) is 5. The summed E-state index contributed by atoms with van der Waals surface area (Å²) < 4.78 is 5.09. The van der Waals surface area contributed by atoms with Crippen LogP contribution in [0.3, 0.4) is 0 Å². The van der Waals surface area contributed by atoms with Crippen LogP contribution < -0.4 is 0 Å². The predicted octanol–water partition coefficient (Wildman–Crippen LogP) is 5.83. The van der Waals surface area contributed by atoms with E-state index in [4.69, 9.17) is 20.5 Å². The van der Waals surface area contributed by atoms with E-state index >= 15 is 0 Å². The van der Waals surface area contributed by atoms with Crippen molar-refractivity contribution in [2.45, 2.75) is 64.7 Å². The Kier molecular flexibility index (Phi) is 7.11. The lowest BCUT2D eigenvalue weighted by Crippen LogP contribution is -2.18. The maximum atomic E-state index is 11.9. The molecule has 1 fully saturated rings. The number of nitrogens with zero attached hydrogens (tertiary/aromatic N) is 2. The number of hydrogen-bond donors (Lipinski definition) is 2. The molecular weight excluding hydrogens is 412 g/mol. The van der Waals surface area contributed by atoms with Gasteiger partial charge < -0.3 is 10.1 Å². The Labute approximate surface area is 195 Å². The Bertz CT molecular complexity index is 1080. The van der Waals surface area contributed by atoms with Crippen LogP contribution in [0.2, 0.25) is 0 Å². The Morgan fingerprint density at radius 1 is 1.27 bits per heavy atom. The van der Waals surface area contributed by atoms with Gasteiger partial charge in [0.15, 0.2) is 0 Å². The van der Waals surface area contributed by atoms with Crippen LogP contribution in [-0.2, 0) is 9.53 Å². The maximum Gasteiger partial charge on any atom is 0.333 e. The Hall–Kier alpha value is -3.15. The minimum atomic E-state index is -0.254. The summed E-state index contributed by atoms with van der Waals surface area (Å²) in [5.74, 6) is 0.841. The van der Waals surface area contributed by atoms with E-state index in [1.807, 2.05) is 18.2 Å². The Morgan fingerprint density at radius 3 is 2.76 bits per heavy atom. The van der Waals surface area contributed by atoms with Crippen LogP contribution in [-0.4, -0.2) is 36.0 Å². The highest BCUT2D eigenvalue weighted by molar-refractivity contribution is 6.22. The minimum Gasteiger partial charge on any atom is -0.463 e. The first-order valence-corrected chi connectivity index (χ1v) is 11.9. The van der Waals surface area contributed by atoms with Crippen molar-refractivity contribution < 1.29 is 9.53 Å². The normalized spacial score (nSPS) is 20.8. The predicted molar refractivity (Wildman–Crippen MR) is 133 cm³/mol. The van der Waals surface area contributed by atoms with Crippen molar-refractivity contribution in [2.75, 3.05) is 6.61 Å². The van der Waals surface area contributed by atoms with Gasteiger partial charge in [-0.15, -0.1) is 0 Å². The molecule has 4 aliphatic rings. The van der Waals surface area contributed by atoms with E-state index in [0.29, 0.717) is 48.7 Å². The van der Waals surface area contributed by atoms with Crippen LogP contribution in [0.1, 0.15) is 64.7 Å². The molecule has 2 N–H and O–H groups in total. The van der Waals surface area contributed by atoms with Crippen molar-refractivity contribution in [3.63, 3.8) is 0 Å². The Balaban J connectivity index is 1.53. The molecule has 0 atom stereocenters. The van der Waals surface area contributed by atoms with Crippen molar-refractivity contribution in [3.05, 3.63) is 58.4 Å². The molecule has 0 aromatic rings. The lowest BCUT2D eigenvalue weighted by atomic mass is 9.80. The fourth-order valence-electron chi connectivity index (χ4n) is 4.56. The quantitative estimate of drug-likeness (QED) is 0.364. The molecule has 33 heavy (non-hydrogen) atoms. The first-order chi connectivity index (χ1) is 15.9. The minimum absolute atomic E-state index is 0.254. The fraction of sp³-hybridized carbons (Fsp3) is 0.444. The smallest absolute Gasteiger partial charge is 0.333 e. The number of nitrogens with one attached hydrogen (secondary N) is 2. The first-order valence-electron chi connectivity index (χ1n) is 11.9. The SMILES string of the molecule is C=C1C=C(C(=N)CC2=CC=C(C(=O)OCC)CC2)N=C(CCC2CCC2)C2=C1CC(=N)N=C2. The summed E-state index contributed by atoms with van der Waals surface area (Å²) in [4.78, 5) is 21.1. The molecule has 0 amide bonds. The summed E-state index contributed by atoms with van der Waals surface area (Å²) >= 11 is 0. The van der Waals surface area contributed by atoms with Gasteiger partial charge in [-0.1, -0.05) is 43.6 Å². The number of dihydropyridines is 1. The molecule has 6 heteroatoms. The molecule has 2 aliphatic carbocycles. The van der Waals surface area contributed by atoms with E-state index in [2.05, 4.69) is 11.6 Å². The average Bonchev–Trinajstić information content (AvgIpc) is 2.90. The molecule has 4 rings (SSSR count). The third-order valence-electron chi connectivity index (χ3n) is 6.78. The number of amidine groups is 1. The van der Waals surface area contributed by atoms with Gasteiger partial charge in [-0.05, 0) is 55.7 Å². The molecule has 0 saturated heterocycles. The van der Waals surface area contributed by atoms with Crippen LogP contribution in [0.4, 0.5) is 0 Å². The number of rotatable bonds is 8. The van der Waals surface area contributed by atoms with Crippen LogP contribution >= 0.6 is 0 Å². The summed E-state index contributed by atoms with van der Waals surface area (Å²) in [6.45, 7) is 6.42. The summed E-state index contributed by atoms with van der Waals surface area (Å²) in [5, 5.41) is 16.8. The second kappa shape index (κ2) is 10.2. The zero-order valence-electron chi connectivity index (χ0n) is 19.4. The number of carbonyl (C=O) groups excluding carboxylic acids is 1. The maximum absolute atomic E-state index is 11.9. The molecule has 2 aliphatic heterocycles. The van der Waals surface area contributed by atoms with Gasteiger partial charge in [-0.2, -0.15) is 0 Å². The molecular formula is C27H32N4O2. The topological polar surface area (TPSA) is 98.7 Å². The van der Waals surface area contributed by atoms with Gasteiger partial charge in [0.2, 0.25) is 0 Å². The fourth-order valence-corrected chi connectivity index (χ4v) is 4.56. The monoisotopic (exact) mass is 444 g/mol. The first kappa shape index (κ1) is 23.0. The van der Waals surface area contributed by atoms with Crippen molar-refractivity contribution in [2.24, 2.45) is 15.9 Å². The molecule has 6 nitrogen and oxygen atoms in total. The molecule has 0 spiro atoms. The van der Waals surface area contributed by atoms with Gasteiger partial charge in [0.1, 0.15) is 5.84 Å². The second-order valence-electron chi connectivity index (χ2n) is 9.12. The number of esters is 1. The van der Waals surface area contributed by atoms with Gasteiger partial charge in [-0.3, -0.25) is 10.4 Å². The lowest BCUT2D eigenvalue weighted by Gasteiger charge is -2.26. The molecule has 0 radical (unpaired) electrons. The standard InChI is InChI=1S/C27H32N4O2/c1-3-33-27(32)20-10-7-19(8-11-20)14-23(28)25-13-17(2)21-15-26(29)30-16-22(21)24(31-25)12-9-18-5-4-6-18/h7,10,13,16,18,28-29H,2-6,8-9,11-12,14-15H2,1H3. The van der Waals surface area contributed by atoms with Gasteiger partial charge in [0.25, 0.3) is 0 Å². The van der Waals surface area contributed by atoms with Crippen molar-refractivity contribution >= 4 is 29.4 Å². The summed E-state index contributed by atoms with van der Waals surface area (Å²) in [5.41, 5.74) is 6.63. The lowest BCUT2D eigenvalue weighted by molar-refractivity contribution is -0.138. The summed E-state index contributed by atoms with van der Waals surface area (Å²) in [6, 6.07) is 0. The van der Waals surface area contributed by atoms with Gasteiger partial charge in [-0.25, -0.2) is 9.79 Å². The summed E-state index contributed by atoms with van der Waals surface area (Å²) in [7, 11) is 0. The highest BCUT2D eigenvalue weighted by Crippen LogP contribution is 2.34. The highest BCUT2D eigenvalue weighted by atomic mass is 16.5. The third-order valence-corrected chi connectivity index (χ3v) is 6.78. The molecule has 172 valence electrons. The van der Waals surface area contributed by atoms with Crippen LogP contribution in [0.5, 0.6) is 0 Å². The van der Waals surface area contributed by atoms with E-state index in [1.165, 1.54) is 19.3 Å². The molecule has 0 aromatic carbocycles. The van der Waals surface area contributed by atoms with Crippen LogP contribution in [0.15, 0.2) is 68.4 Å². The molecule has 2 heterocycles. The van der Waals surface area contributed by atoms with Crippen LogP contribution in [0.25, 0.3) is 0 Å². The zero-order valence-corrected chi connectivity index (χ0v) is 19.4. The number of aliphatic imine (C=N–C) groups is 2. The summed E-state index contributed by atoms with van der Waals surface area (Å²) in [6.07, 6.45) is 15.6. The number of ether oxygens (including phenoxy) is 1. The Morgan fingerprint density at radius 2 is 2.09 bits per heavy atom. The number of carbonyl (C=O) groups is 1. The average molecular weight is 445 g/mol. The molecule has 1 saturated carbocycles. The largest absolute Gasteiger partial charge is 0.463 e. The van der Waals surface area contributed by atoms with E-state index in [0.717, 1.165) is 53.2 Å². The third kappa shape index (κ3) is 5.44. The van der Waals surface area contributed by atoms with Gasteiger partial charge in [0.05, 0.1) is 23.7 Å². The highest BCUT2D eigenvalue weighted by Gasteiger charge is 2.25.